The molecule has 2 N–H and O–H groups in total. The summed E-state index contributed by atoms with van der Waals surface area (Å²) in [7, 11) is 1.47. The summed E-state index contributed by atoms with van der Waals surface area (Å²) in [4.78, 5) is 15.4. The summed E-state index contributed by atoms with van der Waals surface area (Å²) in [5, 5.41) is 13.3. The zero-order valence-electron chi connectivity index (χ0n) is 14.5. The van der Waals surface area contributed by atoms with Gasteiger partial charge in [0.1, 0.15) is 0 Å². The maximum atomic E-state index is 12.8. The molecular weight excluding hydrogens is 316 g/mol. The van der Waals surface area contributed by atoms with Crippen molar-refractivity contribution in [1.29, 1.82) is 0 Å². The monoisotopic (exact) mass is 340 g/mol. The Morgan fingerprint density at radius 1 is 1.40 bits per heavy atom. The number of rotatable bonds is 3. The summed E-state index contributed by atoms with van der Waals surface area (Å²) in [6, 6.07) is 8.81. The van der Waals surface area contributed by atoms with Gasteiger partial charge in [-0.25, -0.2) is 4.79 Å². The molecule has 3 heterocycles. The summed E-state index contributed by atoms with van der Waals surface area (Å²) in [6.07, 6.45) is 2.72. The van der Waals surface area contributed by atoms with Crippen LogP contribution >= 0.6 is 0 Å². The number of methoxy groups -OCH3 is 1. The first-order valence-corrected chi connectivity index (χ1v) is 9.26. The normalized spacial score (nSPS) is 35.2. The predicted octanol–water partition coefficient (Wildman–Crippen LogP) is 1.88. The van der Waals surface area contributed by atoms with E-state index in [0.717, 1.165) is 49.3 Å². The zero-order chi connectivity index (χ0) is 17.2. The van der Waals surface area contributed by atoms with E-state index in [0.29, 0.717) is 12.0 Å². The number of carbonyl (C=O) groups excluding carboxylic acids is 1. The van der Waals surface area contributed by atoms with E-state index in [1.807, 2.05) is 6.07 Å². The summed E-state index contributed by atoms with van der Waals surface area (Å²) < 4.78 is 5.20. The van der Waals surface area contributed by atoms with Crippen molar-refractivity contribution in [1.82, 2.24) is 4.90 Å². The lowest BCUT2D eigenvalue weighted by molar-refractivity contribution is -0.138. The Bertz CT molecular complexity index is 774. The first-order valence-electron chi connectivity index (χ1n) is 9.26. The number of benzene rings is 1. The minimum atomic E-state index is -0.207. The van der Waals surface area contributed by atoms with E-state index in [2.05, 4.69) is 28.4 Å². The first kappa shape index (κ1) is 15.4. The molecule has 1 aromatic rings. The van der Waals surface area contributed by atoms with Gasteiger partial charge in [-0.15, -0.1) is 0 Å². The lowest BCUT2D eigenvalue weighted by Crippen LogP contribution is -2.58. The number of aliphatic hydroxyl groups is 1. The SMILES string of the molecule is COC(=O)C1=C2Nc3ccccc3C23CCN2CCC1C(CCO)C23. The molecule has 1 spiro atoms. The van der Waals surface area contributed by atoms with Gasteiger partial charge in [-0.2, -0.15) is 0 Å². The fourth-order valence-electron chi connectivity index (χ4n) is 6.20. The van der Waals surface area contributed by atoms with Crippen molar-refractivity contribution >= 4 is 11.7 Å². The van der Waals surface area contributed by atoms with Crippen LogP contribution in [0.2, 0.25) is 0 Å². The molecule has 0 saturated carbocycles. The number of esters is 1. The van der Waals surface area contributed by atoms with Crippen molar-refractivity contribution in [3.05, 3.63) is 41.1 Å². The third-order valence-electron chi connectivity index (χ3n) is 6.96. The Hall–Kier alpha value is -1.85. The van der Waals surface area contributed by atoms with E-state index in [9.17, 15) is 9.90 Å². The second kappa shape index (κ2) is 5.32. The highest BCUT2D eigenvalue weighted by atomic mass is 16.5. The Morgan fingerprint density at radius 2 is 2.24 bits per heavy atom. The average Bonchev–Trinajstić information content (AvgIpc) is 3.19. The van der Waals surface area contributed by atoms with Crippen LogP contribution in [0.1, 0.15) is 24.8 Å². The van der Waals surface area contributed by atoms with Crippen LogP contribution in [0.4, 0.5) is 5.69 Å². The largest absolute Gasteiger partial charge is 0.466 e. The second-order valence-electron chi connectivity index (χ2n) is 7.72. The molecule has 2 fully saturated rings. The molecule has 3 aliphatic heterocycles. The lowest BCUT2D eigenvalue weighted by atomic mass is 9.57. The molecule has 4 unspecified atom stereocenters. The van der Waals surface area contributed by atoms with Gasteiger partial charge in [0, 0.05) is 24.0 Å². The zero-order valence-corrected chi connectivity index (χ0v) is 14.5. The molecule has 4 aliphatic rings. The smallest absolute Gasteiger partial charge is 0.335 e. The number of aliphatic hydroxyl groups excluding tert-OH is 1. The van der Waals surface area contributed by atoms with Gasteiger partial charge in [-0.05, 0) is 55.8 Å². The van der Waals surface area contributed by atoms with E-state index in [1.54, 1.807) is 0 Å². The minimum Gasteiger partial charge on any atom is -0.466 e. The number of anilines is 1. The molecule has 25 heavy (non-hydrogen) atoms. The Balaban J connectivity index is 1.80. The summed E-state index contributed by atoms with van der Waals surface area (Å²) in [6.45, 7) is 2.24. The number of ether oxygens (including phenoxy) is 1. The van der Waals surface area contributed by atoms with Crippen molar-refractivity contribution in [2.45, 2.75) is 30.7 Å². The number of carbonyl (C=O) groups is 1. The number of piperidine rings is 1. The second-order valence-corrected chi connectivity index (χ2v) is 7.72. The molecule has 132 valence electrons. The molecule has 1 aliphatic carbocycles. The number of para-hydroxylation sites is 1. The van der Waals surface area contributed by atoms with Crippen LogP contribution in [-0.2, 0) is 14.9 Å². The molecule has 0 aromatic heterocycles. The molecular formula is C20H24N2O3. The number of nitrogens with one attached hydrogen (secondary N) is 1. The van der Waals surface area contributed by atoms with Crippen LogP contribution in [0.25, 0.3) is 0 Å². The lowest BCUT2D eigenvalue weighted by Gasteiger charge is -2.52. The molecule has 5 heteroatoms. The highest BCUT2D eigenvalue weighted by molar-refractivity contribution is 5.93. The summed E-state index contributed by atoms with van der Waals surface area (Å²) in [5.41, 5.74) is 4.18. The van der Waals surface area contributed by atoms with E-state index < -0.39 is 0 Å². The quantitative estimate of drug-likeness (QED) is 0.823. The molecule has 5 nitrogen and oxygen atoms in total. The van der Waals surface area contributed by atoms with Crippen molar-refractivity contribution in [3.8, 4) is 0 Å². The molecule has 5 rings (SSSR count). The van der Waals surface area contributed by atoms with Crippen LogP contribution in [0, 0.1) is 11.8 Å². The van der Waals surface area contributed by atoms with Gasteiger partial charge in [0.25, 0.3) is 0 Å². The first-order chi connectivity index (χ1) is 12.2. The average molecular weight is 340 g/mol. The van der Waals surface area contributed by atoms with E-state index in [1.165, 1.54) is 12.7 Å². The van der Waals surface area contributed by atoms with Crippen LogP contribution < -0.4 is 5.32 Å². The molecule has 2 bridgehead atoms. The van der Waals surface area contributed by atoms with Crippen molar-refractivity contribution in [2.75, 3.05) is 32.1 Å². The molecule has 2 saturated heterocycles. The van der Waals surface area contributed by atoms with E-state index in [-0.39, 0.29) is 23.9 Å². The Kier molecular flexibility index (Phi) is 3.28. The molecule has 4 atom stereocenters. The Morgan fingerprint density at radius 3 is 3.04 bits per heavy atom. The number of fused-ring (bicyclic) bond motifs is 2. The standard InChI is InChI=1S/C20H24N2O3/c1-25-19(24)16-12-6-9-22-10-8-20(18(22)13(12)7-11-23)14-4-2-3-5-15(14)21-17(16)20/h2-5,12-13,18,21,23H,6-11H2,1H3. The van der Waals surface area contributed by atoms with E-state index >= 15 is 0 Å². The molecule has 0 amide bonds. The van der Waals surface area contributed by atoms with Crippen LogP contribution in [0.5, 0.6) is 0 Å². The Labute approximate surface area is 147 Å². The third kappa shape index (κ3) is 1.78. The number of hydrogen-bond donors (Lipinski definition) is 2. The van der Waals surface area contributed by atoms with Crippen molar-refractivity contribution in [2.24, 2.45) is 11.8 Å². The van der Waals surface area contributed by atoms with E-state index in [4.69, 9.17) is 4.74 Å². The van der Waals surface area contributed by atoms with Gasteiger partial charge in [0.15, 0.2) is 0 Å². The van der Waals surface area contributed by atoms with Gasteiger partial charge in [0.2, 0.25) is 0 Å². The van der Waals surface area contributed by atoms with Gasteiger partial charge in [-0.3, -0.25) is 4.90 Å². The molecule has 1 aromatic carbocycles. The topological polar surface area (TPSA) is 61.8 Å². The molecule has 0 radical (unpaired) electrons. The maximum absolute atomic E-state index is 12.8. The van der Waals surface area contributed by atoms with Crippen molar-refractivity contribution in [3.63, 3.8) is 0 Å². The van der Waals surface area contributed by atoms with Crippen LogP contribution in [0.15, 0.2) is 35.5 Å². The summed E-state index contributed by atoms with van der Waals surface area (Å²) >= 11 is 0. The number of hydrogen-bond acceptors (Lipinski definition) is 5. The van der Waals surface area contributed by atoms with Crippen molar-refractivity contribution < 1.29 is 14.6 Å². The third-order valence-corrected chi connectivity index (χ3v) is 6.96. The van der Waals surface area contributed by atoms with Gasteiger partial charge in [-0.1, -0.05) is 18.2 Å². The fraction of sp³-hybridized carbons (Fsp3) is 0.550. The highest BCUT2D eigenvalue weighted by Gasteiger charge is 2.64. The van der Waals surface area contributed by atoms with Crippen LogP contribution in [-0.4, -0.2) is 48.8 Å². The van der Waals surface area contributed by atoms with Gasteiger partial charge in [0.05, 0.1) is 18.1 Å². The predicted molar refractivity (Wildman–Crippen MR) is 94.1 cm³/mol. The van der Waals surface area contributed by atoms with Crippen LogP contribution in [0.3, 0.4) is 0 Å². The van der Waals surface area contributed by atoms with Gasteiger partial charge < -0.3 is 15.2 Å². The van der Waals surface area contributed by atoms with Gasteiger partial charge >= 0.3 is 5.97 Å². The summed E-state index contributed by atoms with van der Waals surface area (Å²) in [5.74, 6) is 0.261. The minimum absolute atomic E-state index is 0.156. The number of nitrogens with zero attached hydrogens (tertiary/aromatic N) is 1. The fourth-order valence-corrected chi connectivity index (χ4v) is 6.20. The highest BCUT2D eigenvalue weighted by Crippen LogP contribution is 2.62. The maximum Gasteiger partial charge on any atom is 0.335 e.